The molecule has 0 bridgehead atoms. The van der Waals surface area contributed by atoms with Crippen LogP contribution >= 0.6 is 0 Å². The summed E-state index contributed by atoms with van der Waals surface area (Å²) in [5.41, 5.74) is 0.429. The number of ether oxygens (including phenoxy) is 1. The molecule has 5 nitrogen and oxygen atoms in total. The lowest BCUT2D eigenvalue weighted by Gasteiger charge is -2.57. The van der Waals surface area contributed by atoms with Crippen molar-refractivity contribution in [2.24, 2.45) is 35.0 Å². The summed E-state index contributed by atoms with van der Waals surface area (Å²) < 4.78 is 60.5. The molecule has 1 spiro atoms. The Morgan fingerprint density at radius 3 is 2.65 bits per heavy atom. The third-order valence-corrected chi connectivity index (χ3v) is 7.06. The maximum atomic E-state index is 13.2. The minimum Gasteiger partial charge on any atom is -0.362 e. The topological polar surface area (TPSA) is 83.8 Å². The van der Waals surface area contributed by atoms with Crippen LogP contribution in [0.15, 0.2) is 0 Å². The van der Waals surface area contributed by atoms with Gasteiger partial charge in [0.1, 0.15) is 0 Å². The Bertz CT molecular complexity index is 560. The molecule has 0 aliphatic heterocycles. The van der Waals surface area contributed by atoms with Gasteiger partial charge in [-0.1, -0.05) is 0 Å². The first-order valence-corrected chi connectivity index (χ1v) is 8.27. The van der Waals surface area contributed by atoms with E-state index in [1.54, 1.807) is 0 Å². The fraction of sp³-hybridized carbons (Fsp3) is 1.00. The second kappa shape index (κ2) is 3.53. The average Bonchev–Trinajstić information content (AvgIpc) is 2.98. The molecule has 20 heavy (non-hydrogen) atoms. The summed E-state index contributed by atoms with van der Waals surface area (Å²) in [4.78, 5) is 0. The van der Waals surface area contributed by atoms with E-state index in [2.05, 4.69) is 0 Å². The van der Waals surface area contributed by atoms with E-state index in [0.29, 0.717) is 23.2 Å². The summed E-state index contributed by atoms with van der Waals surface area (Å²) in [5.74, 6) is 2.62. The zero-order valence-electron chi connectivity index (χ0n) is 10.6. The highest BCUT2D eigenvalue weighted by molar-refractivity contribution is 7.86. The highest BCUT2D eigenvalue weighted by atomic mass is 32.2. The van der Waals surface area contributed by atoms with Crippen molar-refractivity contribution in [1.29, 1.82) is 0 Å². The number of aliphatic hydroxyl groups excluding tert-OH is 1. The first-order chi connectivity index (χ1) is 9.18. The lowest BCUT2D eigenvalue weighted by atomic mass is 9.48. The van der Waals surface area contributed by atoms with E-state index in [0.717, 1.165) is 18.8 Å². The normalized spacial score (nSPS) is 49.7. The van der Waals surface area contributed by atoms with Gasteiger partial charge in [0.15, 0.2) is 0 Å². The Hall–Kier alpha value is -0.310. The summed E-state index contributed by atoms with van der Waals surface area (Å²) in [6, 6.07) is 0. The summed E-state index contributed by atoms with van der Waals surface area (Å²) in [5, 5.41) is 4.52. The van der Waals surface area contributed by atoms with Gasteiger partial charge in [-0.15, -0.1) is 0 Å². The van der Waals surface area contributed by atoms with Gasteiger partial charge < -0.3 is 9.84 Å². The lowest BCUT2D eigenvalue weighted by Crippen LogP contribution is -2.51. The number of halogens is 2. The van der Waals surface area contributed by atoms with Crippen LogP contribution in [0.25, 0.3) is 0 Å². The molecule has 0 heterocycles. The minimum absolute atomic E-state index is 0.0629. The molecule has 0 radical (unpaired) electrons. The number of rotatable bonds is 5. The van der Waals surface area contributed by atoms with Crippen molar-refractivity contribution in [3.05, 3.63) is 0 Å². The van der Waals surface area contributed by atoms with Crippen molar-refractivity contribution in [2.45, 2.75) is 30.8 Å². The van der Waals surface area contributed by atoms with Crippen molar-refractivity contribution >= 4 is 10.1 Å². The van der Waals surface area contributed by atoms with Gasteiger partial charge in [-0.05, 0) is 54.3 Å². The Morgan fingerprint density at radius 1 is 1.40 bits per heavy atom. The summed E-state index contributed by atoms with van der Waals surface area (Å²) >= 11 is 0. The van der Waals surface area contributed by atoms with Crippen molar-refractivity contribution in [3.8, 4) is 0 Å². The quantitative estimate of drug-likeness (QED) is 0.587. The molecule has 2 N–H and O–H groups in total. The summed E-state index contributed by atoms with van der Waals surface area (Å²) in [7, 11) is -5.67. The predicted molar refractivity (Wildman–Crippen MR) is 62.2 cm³/mol. The Kier molecular flexibility index (Phi) is 2.36. The molecule has 0 saturated heterocycles. The van der Waals surface area contributed by atoms with Gasteiger partial charge in [-0.2, -0.15) is 17.2 Å². The molecule has 8 heteroatoms. The van der Waals surface area contributed by atoms with E-state index >= 15 is 0 Å². The SMILES string of the molecule is O=S(=O)(O)C(F)(F)C(O)OCC1C2CC3CC4(CC14)C32. The second-order valence-corrected chi connectivity index (χ2v) is 8.31. The number of alkyl halides is 2. The molecule has 4 aliphatic rings. The maximum Gasteiger partial charge on any atom is 0.418 e. The van der Waals surface area contributed by atoms with Crippen molar-refractivity contribution in [1.82, 2.24) is 0 Å². The fourth-order valence-electron chi connectivity index (χ4n) is 5.32. The third-order valence-electron chi connectivity index (χ3n) is 6.17. The van der Waals surface area contributed by atoms with Crippen molar-refractivity contribution in [2.75, 3.05) is 6.61 Å². The number of hydrogen-bond acceptors (Lipinski definition) is 4. The first-order valence-electron chi connectivity index (χ1n) is 6.83. The first kappa shape index (κ1) is 13.4. The van der Waals surface area contributed by atoms with Gasteiger partial charge in [-0.25, -0.2) is 0 Å². The van der Waals surface area contributed by atoms with Gasteiger partial charge in [-0.3, -0.25) is 4.55 Å². The molecule has 0 aromatic heterocycles. The van der Waals surface area contributed by atoms with Crippen molar-refractivity contribution in [3.63, 3.8) is 0 Å². The number of aliphatic hydroxyl groups is 1. The van der Waals surface area contributed by atoms with E-state index in [1.165, 1.54) is 6.42 Å². The van der Waals surface area contributed by atoms with Crippen LogP contribution in [0.1, 0.15) is 19.3 Å². The summed E-state index contributed by atoms with van der Waals surface area (Å²) in [6.45, 7) is -0.0629. The molecule has 7 atom stereocenters. The second-order valence-electron chi connectivity index (χ2n) is 6.82. The van der Waals surface area contributed by atoms with Crippen LogP contribution in [0, 0.1) is 35.0 Å². The molecule has 114 valence electrons. The minimum atomic E-state index is -5.67. The van der Waals surface area contributed by atoms with Crippen LogP contribution < -0.4 is 0 Å². The highest BCUT2D eigenvalue weighted by Crippen LogP contribution is 2.87. The van der Waals surface area contributed by atoms with E-state index in [9.17, 15) is 22.3 Å². The van der Waals surface area contributed by atoms with Gasteiger partial charge in [0.25, 0.3) is 0 Å². The molecular weight excluding hydrogens is 294 g/mol. The lowest BCUT2D eigenvalue weighted by molar-refractivity contribution is -0.208. The van der Waals surface area contributed by atoms with E-state index in [-0.39, 0.29) is 12.5 Å². The zero-order chi connectivity index (χ0) is 14.5. The molecule has 4 saturated carbocycles. The maximum absolute atomic E-state index is 13.2. The summed E-state index contributed by atoms with van der Waals surface area (Å²) in [6.07, 6.45) is 0.630. The van der Waals surface area contributed by atoms with Crippen LogP contribution in [0.5, 0.6) is 0 Å². The molecule has 4 fully saturated rings. The highest BCUT2D eigenvalue weighted by Gasteiger charge is 2.81. The van der Waals surface area contributed by atoms with Gasteiger partial charge >= 0.3 is 15.4 Å². The molecule has 4 rings (SSSR count). The van der Waals surface area contributed by atoms with Gasteiger partial charge in [0.05, 0.1) is 6.61 Å². The molecule has 7 unspecified atom stereocenters. The third kappa shape index (κ3) is 1.38. The molecule has 0 amide bonds. The Labute approximate surface area is 115 Å². The largest absolute Gasteiger partial charge is 0.418 e. The van der Waals surface area contributed by atoms with Gasteiger partial charge in [0, 0.05) is 0 Å². The van der Waals surface area contributed by atoms with Crippen LogP contribution in [-0.2, 0) is 14.9 Å². The predicted octanol–water partition coefficient (Wildman–Crippen LogP) is 1.09. The van der Waals surface area contributed by atoms with Crippen LogP contribution in [0.4, 0.5) is 8.78 Å². The Morgan fingerprint density at radius 2 is 2.10 bits per heavy atom. The molecule has 4 aliphatic carbocycles. The average molecular weight is 310 g/mol. The molecular formula is C12H16F2O5S. The van der Waals surface area contributed by atoms with E-state index < -0.39 is 21.7 Å². The molecule has 0 aromatic rings. The smallest absolute Gasteiger partial charge is 0.362 e. The van der Waals surface area contributed by atoms with Crippen LogP contribution in [0.2, 0.25) is 0 Å². The van der Waals surface area contributed by atoms with Crippen LogP contribution in [0.3, 0.4) is 0 Å². The fourth-order valence-corrected chi connectivity index (χ4v) is 5.64. The van der Waals surface area contributed by atoms with Crippen LogP contribution in [-0.4, -0.2) is 36.2 Å². The monoisotopic (exact) mass is 310 g/mol. The van der Waals surface area contributed by atoms with Gasteiger partial charge in [0.2, 0.25) is 6.29 Å². The zero-order valence-corrected chi connectivity index (χ0v) is 11.4. The Balaban J connectivity index is 1.40. The standard InChI is InChI=1S/C12H16F2O5S/c13-12(14,20(16,17)18)10(15)19-4-7-6-1-5-2-11(9(5)6)3-8(7)11/h5-10,15H,1-4H2,(H,16,17,18). The van der Waals surface area contributed by atoms with E-state index in [4.69, 9.17) is 9.29 Å². The number of hydrogen-bond donors (Lipinski definition) is 2. The van der Waals surface area contributed by atoms with Crippen molar-refractivity contribution < 1.29 is 31.6 Å². The van der Waals surface area contributed by atoms with E-state index in [1.807, 2.05) is 0 Å². The molecule has 0 aromatic carbocycles.